The van der Waals surface area contributed by atoms with Gasteiger partial charge in [-0.2, -0.15) is 0 Å². The van der Waals surface area contributed by atoms with E-state index < -0.39 is 0 Å². The quantitative estimate of drug-likeness (QED) is 0.208. The first-order valence-corrected chi connectivity index (χ1v) is 0.333. The molecule has 0 saturated heterocycles. The van der Waals surface area contributed by atoms with E-state index in [2.05, 4.69) is 11.7 Å². The van der Waals surface area contributed by atoms with Crippen molar-refractivity contribution in [1.29, 1.82) is 0 Å². The van der Waals surface area contributed by atoms with Crippen molar-refractivity contribution in [2.75, 3.05) is 0 Å². The summed E-state index contributed by atoms with van der Waals surface area (Å²) >= 11 is 0. The third-order valence-electron chi connectivity index (χ3n) is 0. The molecule has 0 spiro atoms. The van der Waals surface area contributed by atoms with Crippen molar-refractivity contribution in [3.63, 3.8) is 0 Å². The summed E-state index contributed by atoms with van der Waals surface area (Å²) in [6, 6.07) is 0. The van der Waals surface area contributed by atoms with Crippen LogP contribution in [0.15, 0.2) is 0 Å². The van der Waals surface area contributed by atoms with Gasteiger partial charge in [0.05, 0.1) is 0 Å². The molecule has 0 aromatic carbocycles. The molecule has 3 nitrogen and oxygen atoms in total. The summed E-state index contributed by atoms with van der Waals surface area (Å²) in [6.45, 7) is 0. The molecular formula is H6N2OTi. The first-order valence-electron chi connectivity index (χ1n) is 0.333. The first-order chi connectivity index (χ1) is 1.00. The van der Waals surface area contributed by atoms with Crippen LogP contribution in [0.25, 0.3) is 0 Å². The van der Waals surface area contributed by atoms with E-state index in [4.69, 9.17) is 0 Å². The Kier molecular flexibility index (Phi) is 400. The van der Waals surface area contributed by atoms with Crippen LogP contribution in [-0.4, -0.2) is 5.48 Å². The molecule has 0 heterocycles. The fourth-order valence-electron chi connectivity index (χ4n) is 0. The van der Waals surface area contributed by atoms with Crippen LogP contribution < -0.4 is 11.7 Å². The third-order valence-corrected chi connectivity index (χ3v) is 0. The molecule has 0 aliphatic rings. The van der Waals surface area contributed by atoms with Crippen molar-refractivity contribution in [2.45, 2.75) is 0 Å². The van der Waals surface area contributed by atoms with Crippen LogP contribution in [-0.2, 0) is 21.7 Å². The number of hydrogen-bond acceptors (Lipinski definition) is 2. The molecule has 0 aliphatic heterocycles. The van der Waals surface area contributed by atoms with Gasteiger partial charge in [0.25, 0.3) is 0 Å². The van der Waals surface area contributed by atoms with Gasteiger partial charge in [-0.25, -0.2) is 0 Å². The molecule has 0 unspecified atom stereocenters. The van der Waals surface area contributed by atoms with Crippen molar-refractivity contribution >= 4 is 0 Å². The summed E-state index contributed by atoms with van der Waals surface area (Å²) in [7, 11) is 0. The van der Waals surface area contributed by atoms with Crippen LogP contribution in [0.3, 0.4) is 0 Å². The zero-order valence-electron chi connectivity index (χ0n) is 2.15. The summed E-state index contributed by atoms with van der Waals surface area (Å²) in [5, 5.41) is 0. The standard InChI is InChI=1S/H4N2.H2O.Ti/c1-2;;/h1-2H2;1H2;. The predicted molar refractivity (Wildman–Crippen MR) is 12.0 cm³/mol. The average molecular weight is 97.9 g/mol. The normalized spacial score (nSPS) is 1.50. The maximum Gasteiger partial charge on any atom is 0 e. The molecule has 4 heteroatoms. The second-order valence-electron chi connectivity index (χ2n) is 0. The number of nitrogens with two attached hydrogens (primary N) is 2. The molecule has 4 heavy (non-hydrogen) atoms. The minimum Gasteiger partial charge on any atom is -0.412 e. The first kappa shape index (κ1) is 23.4. The van der Waals surface area contributed by atoms with Crippen LogP contribution >= 0.6 is 0 Å². The van der Waals surface area contributed by atoms with Gasteiger partial charge in [0.2, 0.25) is 0 Å². The minimum absolute atomic E-state index is 0. The van der Waals surface area contributed by atoms with Crippen molar-refractivity contribution in [1.82, 2.24) is 0 Å². The summed E-state index contributed by atoms with van der Waals surface area (Å²) in [5.74, 6) is 8.00. The van der Waals surface area contributed by atoms with E-state index in [-0.39, 0.29) is 27.2 Å². The molecule has 0 aromatic heterocycles. The maximum atomic E-state index is 4.00. The van der Waals surface area contributed by atoms with E-state index >= 15 is 0 Å². The second kappa shape index (κ2) is 68.5. The van der Waals surface area contributed by atoms with Crippen LogP contribution in [0.5, 0.6) is 0 Å². The van der Waals surface area contributed by atoms with E-state index in [0.717, 1.165) is 0 Å². The summed E-state index contributed by atoms with van der Waals surface area (Å²) < 4.78 is 0. The Labute approximate surface area is 39.5 Å². The van der Waals surface area contributed by atoms with Crippen LogP contribution in [0.1, 0.15) is 0 Å². The van der Waals surface area contributed by atoms with Gasteiger partial charge in [0, 0.05) is 21.7 Å². The van der Waals surface area contributed by atoms with E-state index in [9.17, 15) is 0 Å². The average Bonchev–Trinajstić information content (AvgIpc) is 1.00. The van der Waals surface area contributed by atoms with E-state index in [1.54, 1.807) is 0 Å². The number of hydrazine groups is 1. The van der Waals surface area contributed by atoms with Crippen LogP contribution in [0, 0.1) is 0 Å². The number of rotatable bonds is 0. The summed E-state index contributed by atoms with van der Waals surface area (Å²) in [6.07, 6.45) is 0. The van der Waals surface area contributed by atoms with Gasteiger partial charge in [0.15, 0.2) is 0 Å². The third kappa shape index (κ3) is 18.7. The number of hydrogen-bond donors (Lipinski definition) is 2. The molecule has 0 rings (SSSR count). The van der Waals surface area contributed by atoms with E-state index in [1.165, 1.54) is 0 Å². The Morgan fingerprint density at radius 2 is 1.00 bits per heavy atom. The van der Waals surface area contributed by atoms with Gasteiger partial charge in [-0.05, 0) is 0 Å². The SMILES string of the molecule is NN.O.[Ti]. The Balaban J connectivity index is -0.00000000500. The van der Waals surface area contributed by atoms with Gasteiger partial charge >= 0.3 is 0 Å². The summed E-state index contributed by atoms with van der Waals surface area (Å²) in [4.78, 5) is 0. The molecule has 6 N–H and O–H groups in total. The van der Waals surface area contributed by atoms with E-state index in [0.29, 0.717) is 0 Å². The van der Waals surface area contributed by atoms with Crippen molar-refractivity contribution in [3.8, 4) is 0 Å². The maximum absolute atomic E-state index is 4.00. The molecule has 0 aliphatic carbocycles. The Bertz CT molecular complexity index is 6.00. The van der Waals surface area contributed by atoms with Crippen molar-refractivity contribution in [3.05, 3.63) is 0 Å². The van der Waals surface area contributed by atoms with Crippen molar-refractivity contribution < 1.29 is 27.2 Å². The zero-order valence-corrected chi connectivity index (χ0v) is 3.72. The fourth-order valence-corrected chi connectivity index (χ4v) is 0. The van der Waals surface area contributed by atoms with Gasteiger partial charge in [-0.1, -0.05) is 0 Å². The second-order valence-corrected chi connectivity index (χ2v) is 0. The monoisotopic (exact) mass is 98.0 g/mol. The topological polar surface area (TPSA) is 83.5 Å². The van der Waals surface area contributed by atoms with E-state index in [1.807, 2.05) is 0 Å². The van der Waals surface area contributed by atoms with Gasteiger partial charge in [-0.3, -0.25) is 11.7 Å². The molecule has 0 amide bonds. The van der Waals surface area contributed by atoms with Gasteiger partial charge in [-0.15, -0.1) is 0 Å². The minimum atomic E-state index is 0. The molecule has 0 bridgehead atoms. The Morgan fingerprint density at radius 1 is 1.00 bits per heavy atom. The largest absolute Gasteiger partial charge is 0.412 e. The van der Waals surface area contributed by atoms with Crippen LogP contribution in [0.4, 0.5) is 0 Å². The van der Waals surface area contributed by atoms with Gasteiger partial charge in [0.1, 0.15) is 0 Å². The molecule has 26 valence electrons. The Morgan fingerprint density at radius 3 is 1.00 bits per heavy atom. The zero-order chi connectivity index (χ0) is 2.00. The molecule has 0 saturated carbocycles. The van der Waals surface area contributed by atoms with Crippen LogP contribution in [0.2, 0.25) is 0 Å². The molecule has 0 radical (unpaired) electrons. The Hall–Kier alpha value is 0.594. The van der Waals surface area contributed by atoms with Crippen molar-refractivity contribution in [2.24, 2.45) is 11.7 Å². The molecule has 0 atom stereocenters. The summed E-state index contributed by atoms with van der Waals surface area (Å²) in [5.41, 5.74) is 0. The van der Waals surface area contributed by atoms with Gasteiger partial charge < -0.3 is 5.48 Å². The predicted octanol–water partition coefficient (Wildman–Crippen LogP) is -2.01. The molecule has 0 fully saturated rings. The molecule has 0 aromatic rings. The smallest absolute Gasteiger partial charge is 0 e. The fraction of sp³-hybridized carbons (Fsp3) is 0. The molecular weight excluding hydrogens is 91.9 g/mol.